The van der Waals surface area contributed by atoms with Crippen LogP contribution in [0.5, 0.6) is 0 Å². The van der Waals surface area contributed by atoms with E-state index in [2.05, 4.69) is 25.6 Å². The third kappa shape index (κ3) is 2.84. The van der Waals surface area contributed by atoms with Crippen molar-refractivity contribution in [2.75, 3.05) is 11.1 Å². The van der Waals surface area contributed by atoms with Crippen LogP contribution in [0.2, 0.25) is 0 Å². The number of nitrogens with two attached hydrogens (primary N) is 1. The number of nitrogen functional groups attached to an aromatic ring is 1. The van der Waals surface area contributed by atoms with Crippen LogP contribution in [-0.2, 0) is 0 Å². The van der Waals surface area contributed by atoms with Crippen molar-refractivity contribution in [3.63, 3.8) is 0 Å². The molecule has 21 heavy (non-hydrogen) atoms. The molecule has 2 heterocycles. The summed E-state index contributed by atoms with van der Waals surface area (Å²) in [5.41, 5.74) is 7.35. The van der Waals surface area contributed by atoms with Crippen LogP contribution in [-0.4, -0.2) is 30.9 Å². The van der Waals surface area contributed by atoms with E-state index in [0.717, 1.165) is 5.69 Å². The highest BCUT2D eigenvalue weighted by atomic mass is 16.2. The molecule has 3 aromatic rings. The Morgan fingerprint density at radius 3 is 2.67 bits per heavy atom. The highest BCUT2D eigenvalue weighted by Crippen LogP contribution is 2.11. The molecule has 0 saturated heterocycles. The van der Waals surface area contributed by atoms with Crippen LogP contribution < -0.4 is 11.1 Å². The van der Waals surface area contributed by atoms with E-state index >= 15 is 0 Å². The number of hydrogen-bond acceptors (Lipinski definition) is 6. The van der Waals surface area contributed by atoms with E-state index in [0.29, 0.717) is 5.69 Å². The molecule has 104 valence electrons. The van der Waals surface area contributed by atoms with Crippen LogP contribution in [0.3, 0.4) is 0 Å². The van der Waals surface area contributed by atoms with Gasteiger partial charge in [-0.15, -0.1) is 5.10 Å². The van der Waals surface area contributed by atoms with E-state index in [1.54, 1.807) is 29.1 Å². The molecule has 8 heteroatoms. The Bertz CT molecular complexity index is 752. The largest absolute Gasteiger partial charge is 0.399 e. The van der Waals surface area contributed by atoms with Crippen molar-refractivity contribution in [2.24, 2.45) is 0 Å². The fourth-order valence-electron chi connectivity index (χ4n) is 1.69. The minimum atomic E-state index is -0.405. The van der Waals surface area contributed by atoms with Crippen molar-refractivity contribution in [3.05, 3.63) is 54.6 Å². The van der Waals surface area contributed by atoms with Gasteiger partial charge in [0.1, 0.15) is 0 Å². The molecule has 8 nitrogen and oxygen atoms in total. The Morgan fingerprint density at radius 1 is 1.14 bits per heavy atom. The summed E-state index contributed by atoms with van der Waals surface area (Å²) in [5, 5.41) is 14.0. The van der Waals surface area contributed by atoms with E-state index in [4.69, 9.17) is 5.73 Å². The van der Waals surface area contributed by atoms with Crippen LogP contribution in [0.25, 0.3) is 5.69 Å². The molecule has 0 saturated carbocycles. The molecular weight excluding hydrogens is 270 g/mol. The van der Waals surface area contributed by atoms with Crippen LogP contribution in [0.1, 0.15) is 10.5 Å². The van der Waals surface area contributed by atoms with Gasteiger partial charge in [0.2, 0.25) is 5.95 Å². The SMILES string of the molecule is Nc1ccc(-n2ccc(C(=O)Nc3nccnn3)n2)cc1. The lowest BCUT2D eigenvalue weighted by Crippen LogP contribution is -2.15. The molecule has 0 aliphatic heterocycles. The molecule has 0 radical (unpaired) electrons. The number of aromatic nitrogens is 5. The van der Waals surface area contributed by atoms with Gasteiger partial charge in [-0.05, 0) is 30.3 Å². The molecule has 0 aliphatic carbocycles. The zero-order chi connectivity index (χ0) is 14.7. The van der Waals surface area contributed by atoms with Crippen LogP contribution in [0, 0.1) is 0 Å². The van der Waals surface area contributed by atoms with Crippen molar-refractivity contribution < 1.29 is 4.79 Å². The first-order chi connectivity index (χ1) is 10.2. The summed E-state index contributed by atoms with van der Waals surface area (Å²) in [6.07, 6.45) is 4.55. The van der Waals surface area contributed by atoms with Gasteiger partial charge >= 0.3 is 0 Å². The van der Waals surface area contributed by atoms with Crippen LogP contribution >= 0.6 is 0 Å². The molecule has 0 fully saturated rings. The Kier molecular flexibility index (Phi) is 3.26. The third-order valence-electron chi connectivity index (χ3n) is 2.69. The summed E-state index contributed by atoms with van der Waals surface area (Å²) >= 11 is 0. The predicted molar refractivity (Wildman–Crippen MR) is 75.8 cm³/mol. The normalized spacial score (nSPS) is 10.3. The van der Waals surface area contributed by atoms with Crippen LogP contribution in [0.4, 0.5) is 11.6 Å². The maximum absolute atomic E-state index is 12.0. The minimum Gasteiger partial charge on any atom is -0.399 e. The summed E-state index contributed by atoms with van der Waals surface area (Å²) in [5.74, 6) is -0.276. The second kappa shape index (κ2) is 5.37. The number of amides is 1. The molecule has 0 aliphatic rings. The second-order valence-corrected chi connectivity index (χ2v) is 4.16. The Hall–Kier alpha value is -3.29. The predicted octanol–water partition coefficient (Wildman–Crippen LogP) is 0.892. The zero-order valence-corrected chi connectivity index (χ0v) is 10.8. The molecule has 1 amide bonds. The van der Waals surface area contributed by atoms with Gasteiger partial charge in [0.25, 0.3) is 5.91 Å². The summed E-state index contributed by atoms with van der Waals surface area (Å²) in [4.78, 5) is 15.9. The summed E-state index contributed by atoms with van der Waals surface area (Å²) in [6.45, 7) is 0. The number of benzene rings is 1. The molecule has 0 spiro atoms. The van der Waals surface area contributed by atoms with Gasteiger partial charge in [0.05, 0.1) is 18.1 Å². The molecular formula is C13H11N7O. The second-order valence-electron chi connectivity index (χ2n) is 4.16. The first-order valence-electron chi connectivity index (χ1n) is 6.09. The zero-order valence-electron chi connectivity index (χ0n) is 10.8. The fraction of sp³-hybridized carbons (Fsp3) is 0. The van der Waals surface area contributed by atoms with Crippen molar-refractivity contribution in [3.8, 4) is 5.69 Å². The third-order valence-corrected chi connectivity index (χ3v) is 2.69. The number of hydrogen-bond donors (Lipinski definition) is 2. The number of nitrogens with zero attached hydrogens (tertiary/aromatic N) is 5. The van der Waals surface area contributed by atoms with Gasteiger partial charge in [0.15, 0.2) is 5.69 Å². The summed E-state index contributed by atoms with van der Waals surface area (Å²) in [6, 6.07) is 8.75. The first kappa shape index (κ1) is 12.7. The molecule has 0 atom stereocenters. The van der Waals surface area contributed by atoms with Crippen molar-refractivity contribution in [1.82, 2.24) is 25.0 Å². The summed E-state index contributed by atoms with van der Waals surface area (Å²) < 4.78 is 1.58. The Balaban J connectivity index is 1.78. The topological polar surface area (TPSA) is 112 Å². The first-order valence-corrected chi connectivity index (χ1v) is 6.09. The van der Waals surface area contributed by atoms with E-state index in [1.165, 1.54) is 12.4 Å². The number of anilines is 2. The number of carbonyl (C=O) groups is 1. The number of carbonyl (C=O) groups excluding carboxylic acids is 1. The summed E-state index contributed by atoms with van der Waals surface area (Å²) in [7, 11) is 0. The smallest absolute Gasteiger partial charge is 0.278 e. The molecule has 3 rings (SSSR count). The van der Waals surface area contributed by atoms with Gasteiger partial charge in [-0.2, -0.15) is 10.2 Å². The lowest BCUT2D eigenvalue weighted by Gasteiger charge is -2.02. The lowest BCUT2D eigenvalue weighted by molar-refractivity contribution is 0.102. The minimum absolute atomic E-state index is 0.129. The fourth-order valence-corrected chi connectivity index (χ4v) is 1.69. The van der Waals surface area contributed by atoms with Gasteiger partial charge in [-0.25, -0.2) is 9.67 Å². The van der Waals surface area contributed by atoms with Crippen LogP contribution in [0.15, 0.2) is 48.9 Å². The number of rotatable bonds is 3. The van der Waals surface area contributed by atoms with Gasteiger partial charge in [-0.3, -0.25) is 10.1 Å². The standard InChI is InChI=1S/C13H11N7O/c14-9-1-3-10(4-2-9)20-8-5-11(19-20)12(21)17-13-15-6-7-16-18-13/h1-8H,14H2,(H,15,17,18,21). The van der Waals surface area contributed by atoms with Gasteiger partial charge < -0.3 is 5.73 Å². The van der Waals surface area contributed by atoms with E-state index < -0.39 is 5.91 Å². The molecule has 3 N–H and O–H groups in total. The van der Waals surface area contributed by atoms with Gasteiger partial charge in [0, 0.05) is 11.9 Å². The monoisotopic (exact) mass is 281 g/mol. The molecule has 0 bridgehead atoms. The average Bonchev–Trinajstić information content (AvgIpc) is 2.99. The molecule has 2 aromatic heterocycles. The average molecular weight is 281 g/mol. The quantitative estimate of drug-likeness (QED) is 0.690. The maximum atomic E-state index is 12.0. The van der Waals surface area contributed by atoms with E-state index in [9.17, 15) is 4.79 Å². The van der Waals surface area contributed by atoms with Crippen molar-refractivity contribution in [1.29, 1.82) is 0 Å². The van der Waals surface area contributed by atoms with Gasteiger partial charge in [-0.1, -0.05) is 0 Å². The lowest BCUT2D eigenvalue weighted by atomic mass is 10.3. The molecule has 1 aromatic carbocycles. The Labute approximate surface area is 119 Å². The van der Waals surface area contributed by atoms with E-state index in [1.807, 2.05) is 12.1 Å². The Morgan fingerprint density at radius 2 is 1.95 bits per heavy atom. The highest BCUT2D eigenvalue weighted by Gasteiger charge is 2.11. The van der Waals surface area contributed by atoms with E-state index in [-0.39, 0.29) is 11.6 Å². The van der Waals surface area contributed by atoms with Crippen molar-refractivity contribution in [2.45, 2.75) is 0 Å². The number of nitrogens with one attached hydrogen (secondary N) is 1. The molecule has 0 unspecified atom stereocenters. The highest BCUT2D eigenvalue weighted by molar-refractivity contribution is 6.01. The maximum Gasteiger partial charge on any atom is 0.278 e. The van der Waals surface area contributed by atoms with Crippen molar-refractivity contribution >= 4 is 17.5 Å².